The Bertz CT molecular complexity index is 572. The molecule has 1 aliphatic rings. The Balaban J connectivity index is 1.99. The largest absolute Gasteiger partial charge is 0.394 e. The van der Waals surface area contributed by atoms with Gasteiger partial charge < -0.3 is 20.7 Å². The minimum atomic E-state index is -0.823. The first-order valence-electron chi connectivity index (χ1n) is 5.43. The third-order valence-electron chi connectivity index (χ3n) is 2.90. The molecule has 8 heteroatoms. The predicted molar refractivity (Wildman–Crippen MR) is 61.0 cm³/mol. The van der Waals surface area contributed by atoms with Gasteiger partial charge in [-0.3, -0.25) is 4.57 Å². The monoisotopic (exact) mass is 250 g/mol. The second-order valence-corrected chi connectivity index (χ2v) is 4.01. The molecular weight excluding hydrogens is 238 g/mol. The molecule has 3 atom stereocenters. The van der Waals surface area contributed by atoms with Crippen LogP contribution in [0.2, 0.25) is 0 Å². The zero-order valence-corrected chi connectivity index (χ0v) is 9.34. The first-order valence-corrected chi connectivity index (χ1v) is 5.43. The fraction of sp³-hybridized carbons (Fsp3) is 0.400. The van der Waals surface area contributed by atoms with Gasteiger partial charge in [0.15, 0.2) is 11.5 Å². The molecule has 1 saturated heterocycles. The number of aromatic nitrogens is 4. The molecule has 3 rings (SSSR count). The molecule has 18 heavy (non-hydrogen) atoms. The van der Waals surface area contributed by atoms with Gasteiger partial charge in [0.05, 0.1) is 19.0 Å². The van der Waals surface area contributed by atoms with E-state index in [9.17, 15) is 5.11 Å². The predicted octanol–water partition coefficient (Wildman–Crippen LogP) is -1.14. The molecule has 0 aliphatic carbocycles. The van der Waals surface area contributed by atoms with Crippen molar-refractivity contribution in [1.29, 1.82) is 0 Å². The minimum absolute atomic E-state index is 0.252. The molecular formula is C10H12N5O3. The molecule has 0 saturated carbocycles. The highest BCUT2D eigenvalue weighted by Crippen LogP contribution is 2.30. The van der Waals surface area contributed by atoms with Crippen molar-refractivity contribution in [1.82, 2.24) is 19.5 Å². The molecule has 2 aromatic heterocycles. The fourth-order valence-corrected chi connectivity index (χ4v) is 1.96. The van der Waals surface area contributed by atoms with E-state index < -0.39 is 18.4 Å². The summed E-state index contributed by atoms with van der Waals surface area (Å²) in [5, 5.41) is 18.7. The number of ether oxygens (including phenoxy) is 1. The second-order valence-electron chi connectivity index (χ2n) is 4.01. The van der Waals surface area contributed by atoms with E-state index in [4.69, 9.17) is 15.6 Å². The van der Waals surface area contributed by atoms with Crippen LogP contribution in [0.3, 0.4) is 0 Å². The van der Waals surface area contributed by atoms with Crippen LogP contribution >= 0.6 is 0 Å². The molecule has 0 bridgehead atoms. The van der Waals surface area contributed by atoms with E-state index >= 15 is 0 Å². The lowest BCUT2D eigenvalue weighted by Gasteiger charge is -2.13. The summed E-state index contributed by atoms with van der Waals surface area (Å²) in [6, 6.07) is 0. The number of anilines is 1. The maximum atomic E-state index is 9.65. The van der Waals surface area contributed by atoms with E-state index in [2.05, 4.69) is 15.0 Å². The Labute approximate surface area is 102 Å². The number of hydrogen-bond donors (Lipinski definition) is 3. The average molecular weight is 250 g/mol. The van der Waals surface area contributed by atoms with Gasteiger partial charge >= 0.3 is 0 Å². The van der Waals surface area contributed by atoms with Crippen molar-refractivity contribution in [2.24, 2.45) is 0 Å². The van der Waals surface area contributed by atoms with E-state index in [1.54, 1.807) is 11.0 Å². The van der Waals surface area contributed by atoms with Crippen molar-refractivity contribution in [3.8, 4) is 0 Å². The highest BCUT2D eigenvalue weighted by atomic mass is 16.5. The summed E-state index contributed by atoms with van der Waals surface area (Å²) in [6.45, 7) is -0.252. The molecule has 1 aliphatic heterocycles. The molecule has 1 radical (unpaired) electrons. The van der Waals surface area contributed by atoms with Crippen molar-refractivity contribution in [3.63, 3.8) is 0 Å². The third kappa shape index (κ3) is 1.62. The van der Waals surface area contributed by atoms with Crippen LogP contribution in [0.25, 0.3) is 11.2 Å². The third-order valence-corrected chi connectivity index (χ3v) is 2.90. The Morgan fingerprint density at radius 2 is 2.22 bits per heavy atom. The van der Waals surface area contributed by atoms with Crippen LogP contribution in [0, 0.1) is 6.42 Å². The Morgan fingerprint density at radius 3 is 2.94 bits per heavy atom. The molecule has 0 spiro atoms. The van der Waals surface area contributed by atoms with E-state index in [0.717, 1.165) is 0 Å². The summed E-state index contributed by atoms with van der Waals surface area (Å²) in [5.74, 6) is 0.288. The number of nitrogens with two attached hydrogens (primary N) is 1. The second kappa shape index (κ2) is 4.16. The van der Waals surface area contributed by atoms with Crippen molar-refractivity contribution >= 4 is 17.0 Å². The van der Waals surface area contributed by atoms with Gasteiger partial charge in [-0.25, -0.2) is 15.0 Å². The van der Waals surface area contributed by atoms with E-state index in [-0.39, 0.29) is 12.4 Å². The van der Waals surface area contributed by atoms with Gasteiger partial charge in [-0.15, -0.1) is 0 Å². The molecule has 8 nitrogen and oxygen atoms in total. The van der Waals surface area contributed by atoms with Crippen molar-refractivity contribution in [3.05, 3.63) is 19.1 Å². The minimum Gasteiger partial charge on any atom is -0.394 e. The summed E-state index contributed by atoms with van der Waals surface area (Å²) in [4.78, 5) is 12.0. The number of nitrogens with zero attached hydrogens (tertiary/aromatic N) is 4. The Kier molecular flexibility index (Phi) is 2.62. The van der Waals surface area contributed by atoms with Crippen molar-refractivity contribution in [2.45, 2.75) is 18.4 Å². The summed E-state index contributed by atoms with van der Waals surface area (Å²) < 4.78 is 7.11. The first-order chi connectivity index (χ1) is 8.70. The number of hydrogen-bond acceptors (Lipinski definition) is 7. The Hall–Kier alpha value is -1.77. The normalized spacial score (nSPS) is 28.0. The average Bonchev–Trinajstić information content (AvgIpc) is 2.93. The molecule has 1 unspecified atom stereocenters. The molecule has 1 fully saturated rings. The zero-order valence-electron chi connectivity index (χ0n) is 9.34. The number of aliphatic hydroxyl groups excluding tert-OH is 2. The van der Waals surface area contributed by atoms with Crippen LogP contribution in [0.1, 0.15) is 6.23 Å². The van der Waals surface area contributed by atoms with Gasteiger partial charge in [0, 0.05) is 6.42 Å². The van der Waals surface area contributed by atoms with Crippen LogP contribution in [-0.2, 0) is 4.74 Å². The van der Waals surface area contributed by atoms with Gasteiger partial charge in [-0.05, 0) is 0 Å². The van der Waals surface area contributed by atoms with E-state index in [1.165, 1.54) is 12.7 Å². The quantitative estimate of drug-likeness (QED) is 0.616. The number of aliphatic hydroxyl groups is 2. The lowest BCUT2D eigenvalue weighted by Crippen LogP contribution is -2.24. The first kappa shape index (κ1) is 11.3. The van der Waals surface area contributed by atoms with Gasteiger partial charge in [0.2, 0.25) is 0 Å². The number of imidazole rings is 1. The van der Waals surface area contributed by atoms with Gasteiger partial charge in [-0.2, -0.15) is 0 Å². The van der Waals surface area contributed by atoms with E-state index in [0.29, 0.717) is 11.2 Å². The number of fused-ring (bicyclic) bond motifs is 1. The Morgan fingerprint density at radius 1 is 1.39 bits per heavy atom. The van der Waals surface area contributed by atoms with E-state index in [1.807, 2.05) is 0 Å². The van der Waals surface area contributed by atoms with Crippen molar-refractivity contribution in [2.75, 3.05) is 12.3 Å². The van der Waals surface area contributed by atoms with Gasteiger partial charge in [-0.1, -0.05) is 0 Å². The lowest BCUT2D eigenvalue weighted by atomic mass is 10.2. The van der Waals surface area contributed by atoms with Crippen molar-refractivity contribution < 1.29 is 14.9 Å². The number of nitrogen functional groups attached to an aromatic ring is 1. The molecule has 95 valence electrons. The fourth-order valence-electron chi connectivity index (χ4n) is 1.96. The highest BCUT2D eigenvalue weighted by molar-refractivity contribution is 5.81. The van der Waals surface area contributed by atoms with Crippen LogP contribution < -0.4 is 5.73 Å². The SMILES string of the molecule is Nc1ncnc2c1ncn2[C@H]1[CH]C(O)[C@@H](CO)O1. The summed E-state index contributed by atoms with van der Waals surface area (Å²) in [6.07, 6.45) is 2.44. The van der Waals surface area contributed by atoms with Crippen LogP contribution in [0.5, 0.6) is 0 Å². The number of rotatable bonds is 2. The molecule has 3 heterocycles. The summed E-state index contributed by atoms with van der Waals surface area (Å²) in [7, 11) is 0. The van der Waals surface area contributed by atoms with Crippen LogP contribution in [0.4, 0.5) is 5.82 Å². The summed E-state index contributed by atoms with van der Waals surface area (Å²) >= 11 is 0. The van der Waals surface area contributed by atoms with Gasteiger partial charge in [0.1, 0.15) is 24.2 Å². The zero-order chi connectivity index (χ0) is 12.7. The highest BCUT2D eigenvalue weighted by Gasteiger charge is 2.35. The maximum absolute atomic E-state index is 9.65. The molecule has 0 aromatic carbocycles. The molecule has 0 amide bonds. The van der Waals surface area contributed by atoms with Crippen LogP contribution in [0.15, 0.2) is 12.7 Å². The van der Waals surface area contributed by atoms with Gasteiger partial charge in [0.25, 0.3) is 0 Å². The topological polar surface area (TPSA) is 119 Å². The lowest BCUT2D eigenvalue weighted by molar-refractivity contribution is -0.0423. The maximum Gasteiger partial charge on any atom is 0.167 e. The summed E-state index contributed by atoms with van der Waals surface area (Å²) in [5.41, 5.74) is 6.69. The smallest absolute Gasteiger partial charge is 0.167 e. The standard InChI is InChI=1S/C10H12N5O3/c11-9-8-10(13-3-12-9)15(4-14-8)7-1-5(17)6(2-16)18-7/h1,3-7,16-17H,2H2,(H2,11,12,13)/t5?,6-,7-/m1/s1. The molecule has 4 N–H and O–H groups in total. The van der Waals surface area contributed by atoms with Crippen LogP contribution in [-0.4, -0.2) is 48.5 Å². The molecule has 2 aromatic rings.